The van der Waals surface area contributed by atoms with E-state index in [1.165, 1.54) is 0 Å². The number of aromatic hydroxyl groups is 1. The predicted molar refractivity (Wildman–Crippen MR) is 142 cm³/mol. The minimum Gasteiger partial charge on any atom is -0.508 e. The third-order valence-electron chi connectivity index (χ3n) is 6.50. The number of carbonyl (C=O) groups excluding carboxylic acids is 1. The fraction of sp³-hybridized carbons (Fsp3) is 0.483. The zero-order valence-corrected chi connectivity index (χ0v) is 22.0. The second-order valence-corrected chi connectivity index (χ2v) is 11.3. The van der Waals surface area contributed by atoms with E-state index in [1.807, 2.05) is 18.2 Å². The molecule has 2 aromatic rings. The van der Waals surface area contributed by atoms with Crippen molar-refractivity contribution in [1.82, 2.24) is 4.90 Å². The smallest absolute Gasteiger partial charge is 0.189 e. The summed E-state index contributed by atoms with van der Waals surface area (Å²) in [6.07, 6.45) is 3.48. The van der Waals surface area contributed by atoms with E-state index in [-0.39, 0.29) is 22.4 Å². The number of nitrogens with zero attached hydrogens (tertiary/aromatic N) is 2. The number of methoxy groups -OCH3 is 1. The molecule has 1 aliphatic rings. The van der Waals surface area contributed by atoms with Crippen LogP contribution in [0.5, 0.6) is 11.5 Å². The van der Waals surface area contributed by atoms with Crippen LogP contribution in [0.15, 0.2) is 36.4 Å². The molecule has 1 fully saturated rings. The molecule has 0 saturated carbocycles. The van der Waals surface area contributed by atoms with E-state index in [2.05, 4.69) is 64.5 Å². The number of piperazine rings is 1. The molecule has 5 nitrogen and oxygen atoms in total. The molecule has 0 unspecified atom stereocenters. The third-order valence-corrected chi connectivity index (χ3v) is 6.50. The first-order valence-electron chi connectivity index (χ1n) is 12.0. The van der Waals surface area contributed by atoms with Crippen molar-refractivity contribution in [1.29, 1.82) is 0 Å². The van der Waals surface area contributed by atoms with Crippen LogP contribution in [-0.4, -0.2) is 56.1 Å². The Kier molecular flexibility index (Phi) is 7.47. The molecular weight excluding hydrogens is 424 g/mol. The van der Waals surface area contributed by atoms with Gasteiger partial charge in [0, 0.05) is 43.5 Å². The molecule has 2 aromatic carbocycles. The Labute approximate surface area is 205 Å². The number of anilines is 1. The van der Waals surface area contributed by atoms with Crippen LogP contribution in [0.1, 0.15) is 68.6 Å². The first-order valence-corrected chi connectivity index (χ1v) is 12.0. The highest BCUT2D eigenvalue weighted by molar-refractivity contribution is 6.09. The van der Waals surface area contributed by atoms with Crippen molar-refractivity contribution in [3.63, 3.8) is 0 Å². The Bertz CT molecular complexity index is 1070. The summed E-state index contributed by atoms with van der Waals surface area (Å²) in [7, 11) is 3.75. The zero-order chi connectivity index (χ0) is 25.3. The van der Waals surface area contributed by atoms with Crippen LogP contribution in [0.2, 0.25) is 0 Å². The summed E-state index contributed by atoms with van der Waals surface area (Å²) < 4.78 is 5.79. The predicted octanol–water partition coefficient (Wildman–Crippen LogP) is 5.64. The van der Waals surface area contributed by atoms with Crippen LogP contribution in [0.3, 0.4) is 0 Å². The Morgan fingerprint density at radius 2 is 1.62 bits per heavy atom. The van der Waals surface area contributed by atoms with Crippen molar-refractivity contribution < 1.29 is 14.6 Å². The molecule has 184 valence electrons. The third kappa shape index (κ3) is 5.82. The van der Waals surface area contributed by atoms with E-state index in [4.69, 9.17) is 4.74 Å². The molecule has 1 heterocycles. The highest BCUT2D eigenvalue weighted by atomic mass is 16.5. The number of allylic oxidation sites excluding steroid dienone is 1. The minimum atomic E-state index is -0.170. The minimum absolute atomic E-state index is 0.0918. The number of hydrogen-bond acceptors (Lipinski definition) is 5. The number of hydrogen-bond donors (Lipinski definition) is 1. The largest absolute Gasteiger partial charge is 0.508 e. The van der Waals surface area contributed by atoms with Crippen molar-refractivity contribution in [3.05, 3.63) is 58.7 Å². The van der Waals surface area contributed by atoms with Crippen LogP contribution in [-0.2, 0) is 10.8 Å². The number of phenols is 1. The fourth-order valence-electron chi connectivity index (χ4n) is 4.27. The fourth-order valence-corrected chi connectivity index (χ4v) is 4.27. The molecule has 0 aliphatic carbocycles. The second-order valence-electron chi connectivity index (χ2n) is 11.3. The van der Waals surface area contributed by atoms with Gasteiger partial charge in [0.05, 0.1) is 12.7 Å². The van der Waals surface area contributed by atoms with Gasteiger partial charge in [-0.3, -0.25) is 4.79 Å². The SMILES string of the molecule is COc1c(C(=O)/C=C/c2ccc(O)cc2N2CCN(C)CC2)cc(C(C)(C)C)cc1C(C)(C)C. The van der Waals surface area contributed by atoms with Crippen LogP contribution in [0, 0.1) is 0 Å². The molecule has 34 heavy (non-hydrogen) atoms. The molecular formula is C29H40N2O3. The standard InChI is InChI=1S/C29H40N2O3/c1-28(2,3)21-17-23(27(34-8)24(18-21)29(4,5)6)26(33)12-10-20-9-11-22(32)19-25(20)31-15-13-30(7)14-16-31/h9-12,17-19,32H,13-16H2,1-8H3/b12-10+. The number of likely N-dealkylation sites (N-methyl/N-ethyl adjacent to an activating group) is 1. The van der Waals surface area contributed by atoms with E-state index in [1.54, 1.807) is 25.3 Å². The lowest BCUT2D eigenvalue weighted by Crippen LogP contribution is -2.44. The monoisotopic (exact) mass is 464 g/mol. The number of rotatable bonds is 5. The van der Waals surface area contributed by atoms with Crippen molar-refractivity contribution in [3.8, 4) is 11.5 Å². The van der Waals surface area contributed by atoms with Gasteiger partial charge in [0.1, 0.15) is 11.5 Å². The summed E-state index contributed by atoms with van der Waals surface area (Å²) in [5.74, 6) is 0.776. The number of phenolic OH excluding ortho intramolecular Hbond substituents is 1. The molecule has 0 atom stereocenters. The van der Waals surface area contributed by atoms with Gasteiger partial charge in [-0.2, -0.15) is 0 Å². The van der Waals surface area contributed by atoms with Crippen molar-refractivity contribution in [2.24, 2.45) is 0 Å². The van der Waals surface area contributed by atoms with Gasteiger partial charge in [-0.05, 0) is 59.4 Å². The topological polar surface area (TPSA) is 53.0 Å². The van der Waals surface area contributed by atoms with Crippen molar-refractivity contribution in [2.75, 3.05) is 45.2 Å². The molecule has 0 aromatic heterocycles. The van der Waals surface area contributed by atoms with Gasteiger partial charge in [0.2, 0.25) is 0 Å². The Hall–Kier alpha value is -2.79. The quantitative estimate of drug-likeness (QED) is 0.458. The Balaban J connectivity index is 2.03. The first-order chi connectivity index (χ1) is 15.8. The molecule has 0 bridgehead atoms. The maximum absolute atomic E-state index is 13.5. The molecule has 1 aliphatic heterocycles. The van der Waals surface area contributed by atoms with E-state index >= 15 is 0 Å². The summed E-state index contributed by atoms with van der Waals surface area (Å²) in [6.45, 7) is 16.6. The van der Waals surface area contributed by atoms with E-state index in [0.717, 1.165) is 48.6 Å². The summed E-state index contributed by atoms with van der Waals surface area (Å²) in [5, 5.41) is 10.1. The zero-order valence-electron chi connectivity index (χ0n) is 22.0. The van der Waals surface area contributed by atoms with Gasteiger partial charge in [-0.1, -0.05) is 47.6 Å². The van der Waals surface area contributed by atoms with E-state index in [9.17, 15) is 9.90 Å². The van der Waals surface area contributed by atoms with Crippen LogP contribution in [0.4, 0.5) is 5.69 Å². The lowest BCUT2D eigenvalue weighted by atomic mass is 9.78. The van der Waals surface area contributed by atoms with Gasteiger partial charge in [-0.25, -0.2) is 0 Å². The molecule has 3 rings (SSSR count). The molecule has 1 N–H and O–H groups in total. The first kappa shape index (κ1) is 25.8. The summed E-state index contributed by atoms with van der Waals surface area (Å²) in [4.78, 5) is 18.1. The van der Waals surface area contributed by atoms with Gasteiger partial charge >= 0.3 is 0 Å². The summed E-state index contributed by atoms with van der Waals surface area (Å²) >= 11 is 0. The highest BCUT2D eigenvalue weighted by Gasteiger charge is 2.27. The van der Waals surface area contributed by atoms with E-state index in [0.29, 0.717) is 11.3 Å². The van der Waals surface area contributed by atoms with Gasteiger partial charge in [-0.15, -0.1) is 0 Å². The molecule has 0 radical (unpaired) electrons. The number of ketones is 1. The normalized spacial score (nSPS) is 15.7. The van der Waals surface area contributed by atoms with E-state index < -0.39 is 0 Å². The van der Waals surface area contributed by atoms with Gasteiger partial charge in [0.25, 0.3) is 0 Å². The highest BCUT2D eigenvalue weighted by Crippen LogP contribution is 2.39. The molecule has 5 heteroatoms. The summed E-state index contributed by atoms with van der Waals surface area (Å²) in [5.41, 5.74) is 4.31. The maximum Gasteiger partial charge on any atom is 0.189 e. The molecule has 0 spiro atoms. The van der Waals surface area contributed by atoms with Crippen LogP contribution >= 0.6 is 0 Å². The lowest BCUT2D eigenvalue weighted by Gasteiger charge is -2.35. The van der Waals surface area contributed by atoms with Crippen molar-refractivity contribution in [2.45, 2.75) is 52.4 Å². The second kappa shape index (κ2) is 9.83. The molecule has 0 amide bonds. The van der Waals surface area contributed by atoms with Crippen LogP contribution < -0.4 is 9.64 Å². The van der Waals surface area contributed by atoms with Gasteiger partial charge in [0.15, 0.2) is 5.78 Å². The Morgan fingerprint density at radius 1 is 0.971 bits per heavy atom. The number of carbonyl (C=O) groups is 1. The lowest BCUT2D eigenvalue weighted by molar-refractivity contribution is 0.104. The average Bonchev–Trinajstić information content (AvgIpc) is 2.76. The summed E-state index contributed by atoms with van der Waals surface area (Å²) in [6, 6.07) is 9.47. The van der Waals surface area contributed by atoms with Crippen LogP contribution in [0.25, 0.3) is 6.08 Å². The average molecular weight is 465 g/mol. The number of benzene rings is 2. The maximum atomic E-state index is 13.5. The molecule has 1 saturated heterocycles. The Morgan fingerprint density at radius 3 is 2.18 bits per heavy atom. The van der Waals surface area contributed by atoms with Crippen molar-refractivity contribution >= 4 is 17.5 Å². The number of ether oxygens (including phenoxy) is 1. The van der Waals surface area contributed by atoms with Gasteiger partial charge < -0.3 is 19.6 Å².